The zero-order valence-corrected chi connectivity index (χ0v) is 10.1. The van der Waals surface area contributed by atoms with Crippen LogP contribution < -0.4 is 11.1 Å². The summed E-state index contributed by atoms with van der Waals surface area (Å²) in [5.41, 5.74) is 4.88. The van der Waals surface area contributed by atoms with Crippen molar-refractivity contribution < 1.29 is 24.2 Å². The number of methoxy groups -OCH3 is 1. The minimum absolute atomic E-state index is 0.0298. The molecule has 0 saturated carbocycles. The zero-order valence-electron chi connectivity index (χ0n) is 10.1. The van der Waals surface area contributed by atoms with Gasteiger partial charge in [-0.15, -0.1) is 0 Å². The number of carboxylic acids is 1. The Bertz CT molecular complexity index is 308. The number of nitrogens with two attached hydrogens (primary N) is 1. The van der Waals surface area contributed by atoms with Crippen LogP contribution in [0.15, 0.2) is 0 Å². The standard InChI is InChI=1S/C10H18N2O5/c1-10(2,11)5-7(13)12-6(9(15)16)4-8(14)17-3/h6H,4-5,11H2,1-3H3,(H,12,13)(H,15,16)/t6-/m0/s1. The summed E-state index contributed by atoms with van der Waals surface area (Å²) in [6.07, 6.45) is -0.444. The van der Waals surface area contributed by atoms with Crippen LogP contribution in [0.4, 0.5) is 0 Å². The van der Waals surface area contributed by atoms with Crippen molar-refractivity contribution in [2.45, 2.75) is 38.3 Å². The highest BCUT2D eigenvalue weighted by Crippen LogP contribution is 2.04. The molecule has 7 heteroatoms. The molecule has 0 bridgehead atoms. The van der Waals surface area contributed by atoms with E-state index < -0.39 is 35.8 Å². The molecule has 0 aromatic carbocycles. The van der Waals surface area contributed by atoms with Gasteiger partial charge in [-0.25, -0.2) is 4.79 Å². The fourth-order valence-corrected chi connectivity index (χ4v) is 1.11. The molecule has 0 radical (unpaired) electrons. The van der Waals surface area contributed by atoms with Crippen LogP contribution in [0, 0.1) is 0 Å². The second-order valence-corrected chi connectivity index (χ2v) is 4.40. The minimum atomic E-state index is -1.29. The van der Waals surface area contributed by atoms with Gasteiger partial charge in [0.2, 0.25) is 5.91 Å². The quantitative estimate of drug-likeness (QED) is 0.530. The van der Waals surface area contributed by atoms with Gasteiger partial charge in [0.25, 0.3) is 0 Å². The Labute approximate surface area is 99.3 Å². The monoisotopic (exact) mass is 246 g/mol. The molecule has 0 spiro atoms. The molecular weight excluding hydrogens is 228 g/mol. The minimum Gasteiger partial charge on any atom is -0.480 e. The van der Waals surface area contributed by atoms with Gasteiger partial charge in [0.05, 0.1) is 13.5 Å². The molecule has 0 saturated heterocycles. The van der Waals surface area contributed by atoms with Crippen LogP contribution in [0.1, 0.15) is 26.7 Å². The van der Waals surface area contributed by atoms with E-state index in [-0.39, 0.29) is 6.42 Å². The molecule has 0 aromatic rings. The van der Waals surface area contributed by atoms with E-state index in [1.165, 1.54) is 0 Å². The highest BCUT2D eigenvalue weighted by Gasteiger charge is 2.25. The number of ether oxygens (including phenoxy) is 1. The van der Waals surface area contributed by atoms with E-state index in [0.717, 1.165) is 7.11 Å². The van der Waals surface area contributed by atoms with Gasteiger partial charge in [0.1, 0.15) is 6.04 Å². The van der Waals surface area contributed by atoms with Gasteiger partial charge in [-0.3, -0.25) is 9.59 Å². The Morgan fingerprint density at radius 1 is 1.41 bits per heavy atom. The molecule has 0 unspecified atom stereocenters. The number of carbonyl (C=O) groups is 3. The lowest BCUT2D eigenvalue weighted by molar-refractivity contribution is -0.148. The largest absolute Gasteiger partial charge is 0.480 e. The molecule has 98 valence electrons. The van der Waals surface area contributed by atoms with Crippen LogP contribution in [-0.4, -0.2) is 41.6 Å². The van der Waals surface area contributed by atoms with Crippen molar-refractivity contribution in [2.75, 3.05) is 7.11 Å². The summed E-state index contributed by atoms with van der Waals surface area (Å²) in [4.78, 5) is 33.2. The van der Waals surface area contributed by atoms with E-state index in [1.54, 1.807) is 13.8 Å². The van der Waals surface area contributed by atoms with Crippen molar-refractivity contribution in [3.05, 3.63) is 0 Å². The zero-order chi connectivity index (χ0) is 13.6. The number of rotatable bonds is 6. The maximum Gasteiger partial charge on any atom is 0.326 e. The molecule has 1 atom stereocenters. The predicted octanol–water partition coefficient (Wildman–Crippen LogP) is -0.754. The summed E-state index contributed by atoms with van der Waals surface area (Å²) >= 11 is 0. The van der Waals surface area contributed by atoms with E-state index in [9.17, 15) is 14.4 Å². The summed E-state index contributed by atoms with van der Waals surface area (Å²) in [6, 6.07) is -1.29. The Balaban J connectivity index is 4.41. The Kier molecular flexibility index (Phi) is 5.60. The number of hydrogen-bond acceptors (Lipinski definition) is 5. The Morgan fingerprint density at radius 3 is 2.29 bits per heavy atom. The number of aliphatic carboxylic acids is 1. The fraction of sp³-hybridized carbons (Fsp3) is 0.700. The van der Waals surface area contributed by atoms with Crippen molar-refractivity contribution in [2.24, 2.45) is 5.73 Å². The van der Waals surface area contributed by atoms with Crippen molar-refractivity contribution in [1.82, 2.24) is 5.32 Å². The first-order chi connectivity index (χ1) is 7.65. The highest BCUT2D eigenvalue weighted by molar-refractivity contribution is 5.87. The lowest BCUT2D eigenvalue weighted by Crippen LogP contribution is -2.46. The molecule has 17 heavy (non-hydrogen) atoms. The molecule has 4 N–H and O–H groups in total. The summed E-state index contributed by atoms with van der Waals surface area (Å²) in [5.74, 6) is -2.52. The summed E-state index contributed by atoms with van der Waals surface area (Å²) in [5, 5.41) is 11.0. The van der Waals surface area contributed by atoms with E-state index >= 15 is 0 Å². The van der Waals surface area contributed by atoms with Gasteiger partial charge in [0, 0.05) is 12.0 Å². The van der Waals surface area contributed by atoms with Crippen molar-refractivity contribution in [3.63, 3.8) is 0 Å². The molecule has 0 heterocycles. The molecule has 0 aliphatic carbocycles. The normalized spacial score (nSPS) is 12.7. The summed E-state index contributed by atoms with van der Waals surface area (Å²) < 4.78 is 4.34. The number of amides is 1. The van der Waals surface area contributed by atoms with Gasteiger partial charge >= 0.3 is 11.9 Å². The average Bonchev–Trinajstić information content (AvgIpc) is 2.13. The van der Waals surface area contributed by atoms with Gasteiger partial charge in [0.15, 0.2) is 0 Å². The van der Waals surface area contributed by atoms with Crippen LogP contribution >= 0.6 is 0 Å². The molecule has 7 nitrogen and oxygen atoms in total. The fourth-order valence-electron chi connectivity index (χ4n) is 1.11. The SMILES string of the molecule is COC(=O)C[C@H](NC(=O)CC(C)(C)N)C(=O)O. The number of carboxylic acid groups (broad SMARTS) is 1. The summed E-state index contributed by atoms with van der Waals surface area (Å²) in [6.45, 7) is 3.28. The van der Waals surface area contributed by atoms with Crippen LogP contribution in [-0.2, 0) is 19.1 Å². The van der Waals surface area contributed by atoms with Gasteiger partial charge < -0.3 is 20.9 Å². The van der Waals surface area contributed by atoms with Crippen LogP contribution in [0.2, 0.25) is 0 Å². The topological polar surface area (TPSA) is 119 Å². The smallest absolute Gasteiger partial charge is 0.326 e. The van der Waals surface area contributed by atoms with Gasteiger partial charge in [-0.05, 0) is 13.8 Å². The first-order valence-electron chi connectivity index (χ1n) is 5.03. The van der Waals surface area contributed by atoms with Crippen molar-refractivity contribution in [1.29, 1.82) is 0 Å². The van der Waals surface area contributed by atoms with Gasteiger partial charge in [-0.2, -0.15) is 0 Å². The lowest BCUT2D eigenvalue weighted by Gasteiger charge is -2.19. The number of carbonyl (C=O) groups excluding carboxylic acids is 2. The first kappa shape index (κ1) is 15.4. The van der Waals surface area contributed by atoms with E-state index in [0.29, 0.717) is 0 Å². The molecule has 0 aromatic heterocycles. The maximum atomic E-state index is 11.4. The van der Waals surface area contributed by atoms with Crippen LogP contribution in [0.5, 0.6) is 0 Å². The number of nitrogens with one attached hydrogen (secondary N) is 1. The van der Waals surface area contributed by atoms with Crippen LogP contribution in [0.25, 0.3) is 0 Å². The Morgan fingerprint density at radius 2 is 1.94 bits per heavy atom. The second-order valence-electron chi connectivity index (χ2n) is 4.40. The molecular formula is C10H18N2O5. The Hall–Kier alpha value is -1.63. The molecule has 0 rings (SSSR count). The number of esters is 1. The van der Waals surface area contributed by atoms with Crippen LogP contribution in [0.3, 0.4) is 0 Å². The van der Waals surface area contributed by atoms with Gasteiger partial charge in [-0.1, -0.05) is 0 Å². The van der Waals surface area contributed by atoms with E-state index in [1.807, 2.05) is 0 Å². The maximum absolute atomic E-state index is 11.4. The third-order valence-electron chi connectivity index (χ3n) is 1.85. The molecule has 0 fully saturated rings. The van der Waals surface area contributed by atoms with Crippen molar-refractivity contribution >= 4 is 17.8 Å². The second kappa shape index (κ2) is 6.19. The molecule has 0 aliphatic rings. The highest BCUT2D eigenvalue weighted by atomic mass is 16.5. The lowest BCUT2D eigenvalue weighted by atomic mass is 10.0. The van der Waals surface area contributed by atoms with Crippen molar-refractivity contribution in [3.8, 4) is 0 Å². The average molecular weight is 246 g/mol. The molecule has 0 aliphatic heterocycles. The third-order valence-corrected chi connectivity index (χ3v) is 1.85. The first-order valence-corrected chi connectivity index (χ1v) is 5.03. The molecule has 1 amide bonds. The number of hydrogen-bond donors (Lipinski definition) is 3. The summed E-state index contributed by atoms with van der Waals surface area (Å²) in [7, 11) is 1.14. The third kappa shape index (κ3) is 7.29. The van der Waals surface area contributed by atoms with E-state index in [2.05, 4.69) is 10.1 Å². The van der Waals surface area contributed by atoms with E-state index in [4.69, 9.17) is 10.8 Å². The predicted molar refractivity (Wildman–Crippen MR) is 59.1 cm³/mol.